The summed E-state index contributed by atoms with van der Waals surface area (Å²) < 4.78 is 13.6. The summed E-state index contributed by atoms with van der Waals surface area (Å²) in [5, 5.41) is 11.3. The number of rotatable bonds is 4. The van der Waals surface area contributed by atoms with Gasteiger partial charge in [-0.3, -0.25) is 4.79 Å². The summed E-state index contributed by atoms with van der Waals surface area (Å²) in [6, 6.07) is 21.0. The van der Waals surface area contributed by atoms with E-state index in [2.05, 4.69) is 4.98 Å². The first-order chi connectivity index (χ1) is 14.4. The van der Waals surface area contributed by atoms with Crippen LogP contribution in [0.5, 0.6) is 5.88 Å². The van der Waals surface area contributed by atoms with Gasteiger partial charge in [0.2, 0.25) is 5.91 Å². The second kappa shape index (κ2) is 7.83. The maximum atomic E-state index is 13.6. The van der Waals surface area contributed by atoms with E-state index in [1.54, 1.807) is 18.0 Å². The van der Waals surface area contributed by atoms with E-state index in [-0.39, 0.29) is 11.8 Å². The molecule has 1 amide bonds. The Bertz CT molecular complexity index is 1240. The molecule has 150 valence electrons. The third-order valence-electron chi connectivity index (χ3n) is 4.98. The van der Waals surface area contributed by atoms with Crippen molar-refractivity contribution in [3.05, 3.63) is 89.7 Å². The lowest BCUT2D eigenvalue weighted by atomic mass is 10.0. The van der Waals surface area contributed by atoms with Gasteiger partial charge in [-0.05, 0) is 42.5 Å². The van der Waals surface area contributed by atoms with Crippen molar-refractivity contribution in [2.24, 2.45) is 4.99 Å². The first-order valence-electron chi connectivity index (χ1n) is 9.43. The van der Waals surface area contributed by atoms with Gasteiger partial charge in [-0.25, -0.2) is 9.38 Å². The van der Waals surface area contributed by atoms with Gasteiger partial charge in [-0.15, -0.1) is 0 Å². The van der Waals surface area contributed by atoms with Gasteiger partial charge < -0.3 is 15.0 Å². The number of aromatic hydroxyl groups is 1. The third kappa shape index (κ3) is 3.67. The molecular weight excluding hydrogens is 381 g/mol. The smallest absolute Gasteiger partial charge is 0.223 e. The van der Waals surface area contributed by atoms with Crippen molar-refractivity contribution in [1.29, 1.82) is 0 Å². The summed E-state index contributed by atoms with van der Waals surface area (Å²) in [6.07, 6.45) is 0. The largest absolute Gasteiger partial charge is 0.494 e. The van der Waals surface area contributed by atoms with Crippen LogP contribution in [0.15, 0.2) is 77.8 Å². The van der Waals surface area contributed by atoms with Gasteiger partial charge in [-0.1, -0.05) is 30.3 Å². The highest BCUT2D eigenvalue weighted by Crippen LogP contribution is 2.32. The van der Waals surface area contributed by atoms with Gasteiger partial charge in [0, 0.05) is 30.6 Å². The van der Waals surface area contributed by atoms with Gasteiger partial charge in [0.05, 0.1) is 22.5 Å². The highest BCUT2D eigenvalue weighted by molar-refractivity contribution is 6.21. The van der Waals surface area contributed by atoms with Crippen molar-refractivity contribution in [1.82, 2.24) is 4.98 Å². The number of H-pyrrole nitrogens is 1. The monoisotopic (exact) mass is 401 g/mol. The molecule has 30 heavy (non-hydrogen) atoms. The predicted octanol–water partition coefficient (Wildman–Crippen LogP) is 5.16. The Hall–Kier alpha value is -3.93. The van der Waals surface area contributed by atoms with E-state index in [4.69, 9.17) is 4.99 Å². The van der Waals surface area contributed by atoms with E-state index in [9.17, 15) is 14.3 Å². The number of halogens is 1. The van der Waals surface area contributed by atoms with E-state index in [0.717, 1.165) is 11.3 Å². The first kappa shape index (κ1) is 19.4. The van der Waals surface area contributed by atoms with Crippen LogP contribution in [0.25, 0.3) is 10.9 Å². The molecule has 4 aromatic rings. The average Bonchev–Trinajstić information content (AvgIpc) is 3.07. The molecule has 5 nitrogen and oxygen atoms in total. The molecule has 0 bridgehead atoms. The molecule has 0 radical (unpaired) electrons. The Balaban J connectivity index is 1.87. The van der Waals surface area contributed by atoms with Crippen LogP contribution >= 0.6 is 0 Å². The predicted molar refractivity (Wildman–Crippen MR) is 117 cm³/mol. The summed E-state index contributed by atoms with van der Waals surface area (Å²) in [6.45, 7) is 1.50. The van der Waals surface area contributed by atoms with E-state index >= 15 is 0 Å². The fourth-order valence-corrected chi connectivity index (χ4v) is 3.32. The van der Waals surface area contributed by atoms with Crippen molar-refractivity contribution < 1.29 is 14.3 Å². The number of hydrogen-bond acceptors (Lipinski definition) is 3. The summed E-state index contributed by atoms with van der Waals surface area (Å²) >= 11 is 0. The number of benzene rings is 3. The van der Waals surface area contributed by atoms with Gasteiger partial charge in [0.15, 0.2) is 5.88 Å². The number of aromatic amines is 1. The number of amides is 1. The minimum absolute atomic E-state index is 0.0628. The molecule has 1 heterocycles. The SMILES string of the molecule is CC(=O)N(C)c1ccc(N=C(c2ccccc2)c2c(O)[nH]c3cc(F)ccc23)cc1. The minimum atomic E-state index is -0.390. The van der Waals surface area contributed by atoms with Crippen molar-refractivity contribution >= 4 is 33.9 Å². The number of hydrogen-bond donors (Lipinski definition) is 2. The molecule has 0 aliphatic rings. The van der Waals surface area contributed by atoms with Gasteiger partial charge in [0.1, 0.15) is 5.82 Å². The number of nitrogens with zero attached hydrogens (tertiary/aromatic N) is 2. The molecule has 0 saturated carbocycles. The lowest BCUT2D eigenvalue weighted by Gasteiger charge is -2.15. The summed E-state index contributed by atoms with van der Waals surface area (Å²) in [5.74, 6) is -0.531. The molecule has 0 unspecified atom stereocenters. The molecule has 0 aliphatic carbocycles. The zero-order valence-corrected chi connectivity index (χ0v) is 16.6. The number of carbonyl (C=O) groups excluding carboxylic acids is 1. The maximum Gasteiger partial charge on any atom is 0.223 e. The summed E-state index contributed by atoms with van der Waals surface area (Å²) in [5.41, 5.74) is 3.77. The van der Waals surface area contributed by atoms with Crippen molar-refractivity contribution in [3.8, 4) is 5.88 Å². The first-order valence-corrected chi connectivity index (χ1v) is 9.43. The van der Waals surface area contributed by atoms with Crippen molar-refractivity contribution in [2.45, 2.75) is 6.92 Å². The van der Waals surface area contributed by atoms with Crippen LogP contribution in [-0.4, -0.2) is 28.8 Å². The second-order valence-corrected chi connectivity index (χ2v) is 6.96. The van der Waals surface area contributed by atoms with E-state index < -0.39 is 5.82 Å². The summed E-state index contributed by atoms with van der Waals surface area (Å²) in [7, 11) is 1.71. The number of anilines is 1. The summed E-state index contributed by atoms with van der Waals surface area (Å²) in [4.78, 5) is 20.7. The molecule has 0 fully saturated rings. The fraction of sp³-hybridized carbons (Fsp3) is 0.0833. The van der Waals surface area contributed by atoms with Crippen LogP contribution in [0.3, 0.4) is 0 Å². The Morgan fingerprint density at radius 3 is 2.40 bits per heavy atom. The normalized spacial score (nSPS) is 11.6. The van der Waals surface area contributed by atoms with Crippen LogP contribution in [-0.2, 0) is 4.79 Å². The third-order valence-corrected chi connectivity index (χ3v) is 4.98. The molecule has 0 spiro atoms. The Morgan fingerprint density at radius 2 is 1.73 bits per heavy atom. The van der Waals surface area contributed by atoms with Crippen molar-refractivity contribution in [3.63, 3.8) is 0 Å². The van der Waals surface area contributed by atoms with Crippen LogP contribution in [0.1, 0.15) is 18.1 Å². The fourth-order valence-electron chi connectivity index (χ4n) is 3.32. The Kier molecular flexibility index (Phi) is 5.06. The number of nitrogens with one attached hydrogen (secondary N) is 1. The molecule has 0 aliphatic heterocycles. The molecule has 3 aromatic carbocycles. The van der Waals surface area contributed by atoms with E-state index in [1.807, 2.05) is 54.6 Å². The van der Waals surface area contributed by atoms with Gasteiger partial charge in [-0.2, -0.15) is 0 Å². The minimum Gasteiger partial charge on any atom is -0.494 e. The molecule has 4 rings (SSSR count). The highest BCUT2D eigenvalue weighted by atomic mass is 19.1. The molecule has 6 heteroatoms. The maximum absolute atomic E-state index is 13.6. The quantitative estimate of drug-likeness (QED) is 0.464. The standard InChI is InChI=1S/C24H20FN3O2/c1-15(29)28(2)19-11-9-18(10-12-19)26-23(16-6-4-3-5-7-16)22-20-13-8-17(25)14-21(20)27-24(22)30/h3-14,27,30H,1-2H3. The highest BCUT2D eigenvalue weighted by Gasteiger charge is 2.19. The molecule has 0 saturated heterocycles. The van der Waals surface area contributed by atoms with Gasteiger partial charge in [0.25, 0.3) is 0 Å². The zero-order valence-electron chi connectivity index (χ0n) is 16.6. The van der Waals surface area contributed by atoms with E-state index in [1.165, 1.54) is 19.1 Å². The number of carbonyl (C=O) groups is 1. The van der Waals surface area contributed by atoms with Crippen LogP contribution < -0.4 is 4.90 Å². The number of fused-ring (bicyclic) bond motifs is 1. The van der Waals surface area contributed by atoms with Gasteiger partial charge >= 0.3 is 0 Å². The Morgan fingerprint density at radius 1 is 1.03 bits per heavy atom. The lowest BCUT2D eigenvalue weighted by Crippen LogP contribution is -2.22. The number of aromatic nitrogens is 1. The van der Waals surface area contributed by atoms with Crippen LogP contribution in [0, 0.1) is 5.82 Å². The molecular formula is C24H20FN3O2. The van der Waals surface area contributed by atoms with Crippen molar-refractivity contribution in [2.75, 3.05) is 11.9 Å². The lowest BCUT2D eigenvalue weighted by molar-refractivity contribution is -0.116. The topological polar surface area (TPSA) is 68.7 Å². The Labute approximate surface area is 173 Å². The molecule has 2 N–H and O–H groups in total. The zero-order chi connectivity index (χ0) is 21.3. The molecule has 1 aromatic heterocycles. The second-order valence-electron chi connectivity index (χ2n) is 6.96. The number of aliphatic imine (C=N–C) groups is 1. The van der Waals surface area contributed by atoms with Crippen LogP contribution in [0.2, 0.25) is 0 Å². The average molecular weight is 401 g/mol. The van der Waals surface area contributed by atoms with E-state index in [0.29, 0.717) is 27.9 Å². The molecule has 0 atom stereocenters. The van der Waals surface area contributed by atoms with Crippen LogP contribution in [0.4, 0.5) is 15.8 Å².